The summed E-state index contributed by atoms with van der Waals surface area (Å²) in [5.41, 5.74) is 1.37. The Morgan fingerprint density at radius 3 is 2.69 bits per heavy atom. The molecule has 134 valence electrons. The van der Waals surface area contributed by atoms with E-state index in [1.165, 1.54) is 19.2 Å². The molecule has 6 nitrogen and oxygen atoms in total. The molecule has 0 atom stereocenters. The summed E-state index contributed by atoms with van der Waals surface area (Å²) >= 11 is 0. The smallest absolute Gasteiger partial charge is 0.407 e. The van der Waals surface area contributed by atoms with Gasteiger partial charge in [-0.15, -0.1) is 0 Å². The van der Waals surface area contributed by atoms with E-state index < -0.39 is 6.09 Å². The largest absolute Gasteiger partial charge is 0.503 e. The number of hydrogen-bond donors (Lipinski definition) is 2. The number of phenolic OH excluding ortho intramolecular Hbond substituents is 1. The van der Waals surface area contributed by atoms with Crippen molar-refractivity contribution in [3.8, 4) is 23.3 Å². The van der Waals surface area contributed by atoms with E-state index in [2.05, 4.69) is 17.2 Å². The number of amides is 1. The highest BCUT2D eigenvalue weighted by atomic mass is 16.5. The Bertz CT molecular complexity index is 821. The van der Waals surface area contributed by atoms with Crippen LogP contribution in [0, 0.1) is 11.8 Å². The zero-order valence-corrected chi connectivity index (χ0v) is 14.3. The van der Waals surface area contributed by atoms with Crippen LogP contribution in [0.2, 0.25) is 0 Å². The van der Waals surface area contributed by atoms with Gasteiger partial charge in [0.15, 0.2) is 17.8 Å². The van der Waals surface area contributed by atoms with Gasteiger partial charge in [-0.3, -0.25) is 4.79 Å². The van der Waals surface area contributed by atoms with E-state index in [4.69, 9.17) is 9.47 Å². The van der Waals surface area contributed by atoms with E-state index in [-0.39, 0.29) is 35.8 Å². The van der Waals surface area contributed by atoms with Gasteiger partial charge in [0, 0.05) is 18.5 Å². The van der Waals surface area contributed by atoms with E-state index in [0.29, 0.717) is 12.7 Å². The van der Waals surface area contributed by atoms with Crippen molar-refractivity contribution in [1.29, 1.82) is 0 Å². The van der Waals surface area contributed by atoms with E-state index >= 15 is 0 Å². The Kier molecular flexibility index (Phi) is 7.07. The van der Waals surface area contributed by atoms with E-state index in [1.54, 1.807) is 0 Å². The number of carbonyl (C=O) groups excluding carboxylic acids is 2. The Hall–Kier alpha value is -3.46. The molecule has 0 aliphatic carbocycles. The van der Waals surface area contributed by atoms with Gasteiger partial charge in [-0.2, -0.15) is 0 Å². The summed E-state index contributed by atoms with van der Waals surface area (Å²) in [6.45, 7) is 0.473. The van der Waals surface area contributed by atoms with Gasteiger partial charge in [-0.1, -0.05) is 42.2 Å². The fourth-order valence-corrected chi connectivity index (χ4v) is 2.13. The van der Waals surface area contributed by atoms with E-state index in [1.807, 2.05) is 30.3 Å². The van der Waals surface area contributed by atoms with Crippen LogP contribution in [-0.4, -0.2) is 31.1 Å². The third-order valence-electron chi connectivity index (χ3n) is 3.47. The molecule has 26 heavy (non-hydrogen) atoms. The number of methoxy groups -OCH3 is 1. The van der Waals surface area contributed by atoms with Gasteiger partial charge in [0.05, 0.1) is 12.7 Å². The van der Waals surface area contributed by atoms with Gasteiger partial charge in [0.1, 0.15) is 6.61 Å². The van der Waals surface area contributed by atoms with Crippen molar-refractivity contribution in [2.75, 3.05) is 13.7 Å². The molecule has 0 bridgehead atoms. The number of carbonyl (C=O) groups is 2. The third kappa shape index (κ3) is 5.28. The zero-order chi connectivity index (χ0) is 18.8. The highest BCUT2D eigenvalue weighted by molar-refractivity contribution is 5.82. The minimum atomic E-state index is -0.534. The van der Waals surface area contributed by atoms with Crippen molar-refractivity contribution in [1.82, 2.24) is 5.32 Å². The number of aldehydes is 1. The first-order valence-corrected chi connectivity index (χ1v) is 7.94. The van der Waals surface area contributed by atoms with Crippen LogP contribution in [0.1, 0.15) is 27.9 Å². The Balaban J connectivity index is 1.83. The standard InChI is InChI=1S/C20H19NO5/c1-25-18-11-10-16(13-22)17(19(18)23)9-5-6-12-21-20(24)26-14-15-7-3-2-4-8-15/h2-4,7-8,10-11,13,23H,6,12,14H2,1H3,(H,21,24). The normalized spacial score (nSPS) is 9.58. The second-order valence-electron chi connectivity index (χ2n) is 5.24. The molecule has 0 saturated heterocycles. The first-order valence-electron chi connectivity index (χ1n) is 7.94. The average Bonchev–Trinajstić information content (AvgIpc) is 2.67. The van der Waals surface area contributed by atoms with Crippen molar-refractivity contribution in [3.63, 3.8) is 0 Å². The minimum Gasteiger partial charge on any atom is -0.503 e. The fraction of sp³-hybridized carbons (Fsp3) is 0.200. The number of benzene rings is 2. The molecule has 0 aliphatic rings. The van der Waals surface area contributed by atoms with Gasteiger partial charge >= 0.3 is 6.09 Å². The second kappa shape index (κ2) is 9.74. The summed E-state index contributed by atoms with van der Waals surface area (Å²) in [6, 6.07) is 12.4. The van der Waals surface area contributed by atoms with Crippen LogP contribution in [0.25, 0.3) is 0 Å². The summed E-state index contributed by atoms with van der Waals surface area (Å²) < 4.78 is 10.1. The predicted molar refractivity (Wildman–Crippen MR) is 96.2 cm³/mol. The average molecular weight is 353 g/mol. The van der Waals surface area contributed by atoms with E-state index in [0.717, 1.165) is 5.56 Å². The molecule has 0 radical (unpaired) electrons. The van der Waals surface area contributed by atoms with Crippen LogP contribution in [0.3, 0.4) is 0 Å². The molecule has 0 saturated carbocycles. The monoisotopic (exact) mass is 353 g/mol. The SMILES string of the molecule is COc1ccc(C=O)c(C#CCCNC(=O)OCc2ccccc2)c1O. The third-order valence-corrected chi connectivity index (χ3v) is 3.47. The minimum absolute atomic E-state index is 0.181. The molecule has 0 spiro atoms. The molecule has 0 unspecified atom stereocenters. The first kappa shape index (κ1) is 18.9. The van der Waals surface area contributed by atoms with Crippen LogP contribution < -0.4 is 10.1 Å². The molecular formula is C20H19NO5. The Morgan fingerprint density at radius 1 is 1.23 bits per heavy atom. The lowest BCUT2D eigenvalue weighted by atomic mass is 10.1. The topological polar surface area (TPSA) is 84.9 Å². The maximum atomic E-state index is 11.6. The second-order valence-corrected chi connectivity index (χ2v) is 5.24. The lowest BCUT2D eigenvalue weighted by Gasteiger charge is -2.06. The number of nitrogens with one attached hydrogen (secondary N) is 1. The van der Waals surface area contributed by atoms with Crippen molar-refractivity contribution < 1.29 is 24.2 Å². The number of rotatable bonds is 6. The number of alkyl carbamates (subject to hydrolysis) is 1. The van der Waals surface area contributed by atoms with Crippen LogP contribution in [-0.2, 0) is 11.3 Å². The molecule has 2 aromatic carbocycles. The molecule has 2 aromatic rings. The summed E-state index contributed by atoms with van der Waals surface area (Å²) in [6.07, 6.45) is 0.408. The van der Waals surface area contributed by atoms with E-state index in [9.17, 15) is 14.7 Å². The summed E-state index contributed by atoms with van der Waals surface area (Å²) in [7, 11) is 1.41. The maximum Gasteiger partial charge on any atom is 0.407 e. The van der Waals surface area contributed by atoms with Crippen molar-refractivity contribution in [2.45, 2.75) is 13.0 Å². The van der Waals surface area contributed by atoms with Crippen molar-refractivity contribution in [3.05, 3.63) is 59.2 Å². The van der Waals surface area contributed by atoms with Gasteiger partial charge in [-0.25, -0.2) is 4.79 Å². The fourth-order valence-electron chi connectivity index (χ4n) is 2.13. The number of ether oxygens (including phenoxy) is 2. The van der Waals surface area contributed by atoms with Crippen LogP contribution in [0.5, 0.6) is 11.5 Å². The van der Waals surface area contributed by atoms with Crippen molar-refractivity contribution in [2.24, 2.45) is 0 Å². The highest BCUT2D eigenvalue weighted by Crippen LogP contribution is 2.30. The number of phenols is 1. The summed E-state index contributed by atoms with van der Waals surface area (Å²) in [5.74, 6) is 5.60. The Morgan fingerprint density at radius 2 is 2.00 bits per heavy atom. The van der Waals surface area contributed by atoms with Crippen molar-refractivity contribution >= 4 is 12.4 Å². The van der Waals surface area contributed by atoms with Crippen LogP contribution in [0.15, 0.2) is 42.5 Å². The Labute approximate surface area is 151 Å². The molecule has 0 aliphatic heterocycles. The molecule has 0 aromatic heterocycles. The quantitative estimate of drug-likeness (QED) is 0.474. The molecule has 0 heterocycles. The molecule has 2 rings (SSSR count). The molecule has 6 heteroatoms. The summed E-state index contributed by atoms with van der Waals surface area (Å²) in [5, 5.41) is 12.6. The molecule has 0 fully saturated rings. The van der Waals surface area contributed by atoms with Crippen LogP contribution >= 0.6 is 0 Å². The lowest BCUT2D eigenvalue weighted by molar-refractivity contribution is 0.112. The maximum absolute atomic E-state index is 11.6. The van der Waals surface area contributed by atoms with Gasteiger partial charge in [0.2, 0.25) is 0 Å². The number of aromatic hydroxyl groups is 1. The predicted octanol–water partition coefficient (Wildman–Crippen LogP) is 2.88. The summed E-state index contributed by atoms with van der Waals surface area (Å²) in [4.78, 5) is 22.7. The molecule has 1 amide bonds. The zero-order valence-electron chi connectivity index (χ0n) is 14.3. The molecule has 2 N–H and O–H groups in total. The first-order chi connectivity index (χ1) is 12.7. The number of hydrogen-bond acceptors (Lipinski definition) is 5. The molecular weight excluding hydrogens is 334 g/mol. The lowest BCUT2D eigenvalue weighted by Crippen LogP contribution is -2.24. The van der Waals surface area contributed by atoms with Gasteiger partial charge in [0.25, 0.3) is 0 Å². The van der Waals surface area contributed by atoms with Gasteiger partial charge in [-0.05, 0) is 17.7 Å². The van der Waals surface area contributed by atoms with Crippen LogP contribution in [0.4, 0.5) is 4.79 Å². The highest BCUT2D eigenvalue weighted by Gasteiger charge is 2.10. The van der Waals surface area contributed by atoms with Gasteiger partial charge < -0.3 is 19.9 Å².